The Balaban J connectivity index is 1.76. The molecule has 0 bridgehead atoms. The summed E-state index contributed by atoms with van der Waals surface area (Å²) in [6.07, 6.45) is -0.112. The molecule has 0 radical (unpaired) electrons. The van der Waals surface area contributed by atoms with Gasteiger partial charge in [-0.25, -0.2) is 0 Å². The zero-order valence-corrected chi connectivity index (χ0v) is 12.6. The van der Waals surface area contributed by atoms with Crippen molar-refractivity contribution in [2.75, 3.05) is 33.2 Å². The molecule has 0 aromatic carbocycles. The first kappa shape index (κ1) is 14.2. The molecule has 6 unspecified atom stereocenters. The van der Waals surface area contributed by atoms with Crippen molar-refractivity contribution in [2.45, 2.75) is 29.9 Å². The maximum Gasteiger partial charge on any atom is 0.324 e. The third-order valence-corrected chi connectivity index (χ3v) is 6.02. The van der Waals surface area contributed by atoms with E-state index in [9.17, 15) is 13.0 Å². The van der Waals surface area contributed by atoms with Gasteiger partial charge in [0.2, 0.25) is 0 Å². The lowest BCUT2D eigenvalue weighted by Gasteiger charge is -2.35. The second-order valence-electron chi connectivity index (χ2n) is 5.99. The van der Waals surface area contributed by atoms with Crippen LogP contribution in [0.5, 0.6) is 0 Å². The summed E-state index contributed by atoms with van der Waals surface area (Å²) in [5, 5.41) is 17.2. The van der Waals surface area contributed by atoms with E-state index in [0.717, 1.165) is 19.6 Å². The molecule has 4 rings (SSSR count). The molecule has 10 nitrogen and oxygen atoms in total. The Hall–Kier alpha value is -0.370. The van der Waals surface area contributed by atoms with Gasteiger partial charge in [0.15, 0.2) is 0 Å². The molecule has 4 aliphatic heterocycles. The molecular formula is C10H22N7O3S+. The molecule has 0 saturated carbocycles. The van der Waals surface area contributed by atoms with E-state index >= 15 is 0 Å². The van der Waals surface area contributed by atoms with Crippen LogP contribution in [0.15, 0.2) is 0 Å². The minimum absolute atomic E-state index is 0.00500. The number of quaternary nitrogens is 1. The summed E-state index contributed by atoms with van der Waals surface area (Å²) in [5.41, 5.74) is 0. The van der Waals surface area contributed by atoms with Crippen molar-refractivity contribution in [1.29, 1.82) is 0 Å². The molecule has 4 saturated heterocycles. The highest BCUT2D eigenvalue weighted by molar-refractivity contribution is 7.86. The largest absolute Gasteiger partial charge is 0.324 e. The fourth-order valence-electron chi connectivity index (χ4n) is 4.11. The first-order valence-corrected chi connectivity index (χ1v) is 8.78. The number of piperazine rings is 2. The smallest absolute Gasteiger partial charge is 0.304 e. The number of hydrogen-bond acceptors (Lipinski definition) is 8. The molecule has 0 aliphatic carbocycles. The van der Waals surface area contributed by atoms with E-state index in [0.29, 0.717) is 11.7 Å². The Kier molecular flexibility index (Phi) is 3.26. The van der Waals surface area contributed by atoms with Gasteiger partial charge in [0, 0.05) is 33.2 Å². The topological polar surface area (TPSA) is 113 Å². The Morgan fingerprint density at radius 2 is 1.57 bits per heavy atom. The van der Waals surface area contributed by atoms with Crippen molar-refractivity contribution in [2.24, 2.45) is 0 Å². The van der Waals surface area contributed by atoms with Crippen molar-refractivity contribution in [3.05, 3.63) is 0 Å². The third-order valence-electron chi connectivity index (χ3n) is 4.87. The molecule has 6 N–H and O–H groups in total. The van der Waals surface area contributed by atoms with E-state index in [-0.39, 0.29) is 24.5 Å². The molecular weight excluding hydrogens is 298 g/mol. The highest BCUT2D eigenvalue weighted by Crippen LogP contribution is 2.23. The zero-order chi connectivity index (χ0) is 14.8. The number of rotatable bonds is 1. The Morgan fingerprint density at radius 3 is 2.24 bits per heavy atom. The number of hydrogen-bond donors (Lipinski definition) is 6. The fraction of sp³-hybridized carbons (Fsp3) is 1.00. The SMILES string of the molecule is CN1C2NCCNC2N2C3NCCNC3C(S(=O)(=O)O)[NH+]12. The van der Waals surface area contributed by atoms with Crippen LogP contribution in [0, 0.1) is 0 Å². The average Bonchev–Trinajstić information content (AvgIpc) is 2.93. The number of fused-ring (bicyclic) bond motifs is 5. The van der Waals surface area contributed by atoms with Crippen molar-refractivity contribution >= 4 is 10.1 Å². The van der Waals surface area contributed by atoms with Gasteiger partial charge in [0.25, 0.3) is 5.37 Å². The van der Waals surface area contributed by atoms with Crippen molar-refractivity contribution < 1.29 is 18.1 Å². The van der Waals surface area contributed by atoms with E-state index in [1.54, 1.807) is 0 Å². The van der Waals surface area contributed by atoms with E-state index in [4.69, 9.17) is 0 Å². The number of nitrogens with zero attached hydrogens (tertiary/aromatic N) is 2. The molecule has 0 aromatic heterocycles. The third kappa shape index (κ3) is 1.97. The second-order valence-corrected chi connectivity index (χ2v) is 7.53. The van der Waals surface area contributed by atoms with Crippen LogP contribution >= 0.6 is 0 Å². The lowest BCUT2D eigenvalue weighted by molar-refractivity contribution is -1.10. The zero-order valence-electron chi connectivity index (χ0n) is 11.8. The van der Waals surface area contributed by atoms with E-state index in [1.165, 1.54) is 0 Å². The molecule has 0 amide bonds. The predicted molar refractivity (Wildman–Crippen MR) is 73.1 cm³/mol. The first-order chi connectivity index (χ1) is 10.00. The average molecular weight is 320 g/mol. The maximum absolute atomic E-state index is 12.0. The van der Waals surface area contributed by atoms with Crippen LogP contribution < -0.4 is 26.4 Å². The van der Waals surface area contributed by atoms with Gasteiger partial charge in [0.05, 0.1) is 0 Å². The lowest BCUT2D eigenvalue weighted by Crippen LogP contribution is -3.23. The molecule has 21 heavy (non-hydrogen) atoms. The summed E-state index contributed by atoms with van der Waals surface area (Å²) >= 11 is 0. The van der Waals surface area contributed by atoms with Gasteiger partial charge < -0.3 is 5.32 Å². The molecule has 6 atom stereocenters. The Labute approximate surface area is 123 Å². The maximum atomic E-state index is 12.0. The highest BCUT2D eigenvalue weighted by Gasteiger charge is 2.67. The van der Waals surface area contributed by atoms with Crippen LogP contribution in [0.1, 0.15) is 0 Å². The van der Waals surface area contributed by atoms with Crippen LogP contribution in [-0.2, 0) is 10.1 Å². The van der Waals surface area contributed by atoms with Crippen molar-refractivity contribution in [3.8, 4) is 0 Å². The van der Waals surface area contributed by atoms with Gasteiger partial charge in [-0.1, -0.05) is 5.01 Å². The van der Waals surface area contributed by atoms with Crippen molar-refractivity contribution in [3.63, 3.8) is 0 Å². The fourth-order valence-corrected chi connectivity index (χ4v) is 5.28. The van der Waals surface area contributed by atoms with Gasteiger partial charge in [-0.2, -0.15) is 13.5 Å². The molecule has 0 aromatic rings. The highest BCUT2D eigenvalue weighted by atomic mass is 32.2. The standard InChI is InChI=1S/C10H21N7O3S/c1-15-8-9(14-5-4-13-8)16-7-6(11-2-3-12-7)10(17(15)16)21(18,19)20/h6-14H,2-5H2,1H3,(H,18,19,20)/p+1. The van der Waals surface area contributed by atoms with E-state index in [1.807, 2.05) is 12.1 Å². The summed E-state index contributed by atoms with van der Waals surface area (Å²) in [5.74, 6) is 0. The summed E-state index contributed by atoms with van der Waals surface area (Å²) in [7, 11) is -2.30. The van der Waals surface area contributed by atoms with Gasteiger partial charge >= 0.3 is 10.1 Å². The first-order valence-electron chi connectivity index (χ1n) is 7.28. The minimum atomic E-state index is -4.18. The van der Waals surface area contributed by atoms with Crippen LogP contribution in [0.2, 0.25) is 0 Å². The predicted octanol–water partition coefficient (Wildman–Crippen LogP) is -5.09. The summed E-state index contributed by atoms with van der Waals surface area (Å²) in [6.45, 7) is 3.14. The van der Waals surface area contributed by atoms with E-state index in [2.05, 4.69) is 26.3 Å². The molecule has 4 fully saturated rings. The van der Waals surface area contributed by atoms with E-state index < -0.39 is 15.5 Å². The van der Waals surface area contributed by atoms with Gasteiger partial charge in [-0.05, 0) is 0 Å². The Bertz CT molecular complexity index is 531. The van der Waals surface area contributed by atoms with Crippen LogP contribution in [0.3, 0.4) is 0 Å². The molecule has 4 heterocycles. The van der Waals surface area contributed by atoms with Crippen molar-refractivity contribution in [1.82, 2.24) is 31.3 Å². The Morgan fingerprint density at radius 1 is 1.00 bits per heavy atom. The normalized spacial score (nSPS) is 47.9. The van der Waals surface area contributed by atoms with Gasteiger partial charge in [0.1, 0.15) is 24.5 Å². The number of likely N-dealkylation sites (N-methyl/N-ethyl adjacent to an activating group) is 1. The molecule has 11 heteroatoms. The monoisotopic (exact) mass is 320 g/mol. The van der Waals surface area contributed by atoms with Crippen LogP contribution in [0.4, 0.5) is 0 Å². The van der Waals surface area contributed by atoms with Gasteiger partial charge in [-0.3, -0.25) is 20.5 Å². The van der Waals surface area contributed by atoms with Crippen LogP contribution in [0.25, 0.3) is 0 Å². The minimum Gasteiger partial charge on any atom is -0.304 e. The molecule has 4 aliphatic rings. The summed E-state index contributed by atoms with van der Waals surface area (Å²) in [4.78, 5) is 0. The van der Waals surface area contributed by atoms with Crippen LogP contribution in [-0.4, -0.2) is 86.1 Å². The van der Waals surface area contributed by atoms with Gasteiger partial charge in [-0.15, -0.1) is 5.01 Å². The summed E-state index contributed by atoms with van der Waals surface area (Å²) in [6, 6.07) is -0.337. The lowest BCUT2D eigenvalue weighted by atomic mass is 10.1. The molecule has 120 valence electrons. The molecule has 0 spiro atoms. The number of nitrogens with one attached hydrogen (secondary N) is 5. The summed E-state index contributed by atoms with van der Waals surface area (Å²) < 4.78 is 33.7. The second kappa shape index (κ2) is 4.81. The quantitative estimate of drug-likeness (QED) is 0.264.